The molecule has 2 saturated heterocycles. The third-order valence-electron chi connectivity index (χ3n) is 4.50. The molecule has 2 fully saturated rings. The molecule has 0 saturated carbocycles. The van der Waals surface area contributed by atoms with E-state index >= 15 is 0 Å². The lowest BCUT2D eigenvalue weighted by molar-refractivity contribution is -0.131. The zero-order chi connectivity index (χ0) is 17.2. The van der Waals surface area contributed by atoms with Gasteiger partial charge >= 0.3 is 0 Å². The SMILES string of the molecule is Cn1ccnc1SCC(=O)N(CC1CCCO1)C1CCS(=O)(=O)C1. The van der Waals surface area contributed by atoms with Gasteiger partial charge in [0, 0.05) is 38.6 Å². The van der Waals surface area contributed by atoms with Gasteiger partial charge < -0.3 is 14.2 Å². The van der Waals surface area contributed by atoms with Crippen molar-refractivity contribution in [2.24, 2.45) is 7.05 Å². The molecule has 2 aliphatic rings. The van der Waals surface area contributed by atoms with Gasteiger partial charge in [-0.25, -0.2) is 13.4 Å². The van der Waals surface area contributed by atoms with Crippen LogP contribution in [-0.4, -0.2) is 71.3 Å². The van der Waals surface area contributed by atoms with Gasteiger partial charge in [-0.15, -0.1) is 0 Å². The van der Waals surface area contributed by atoms with Crippen molar-refractivity contribution in [2.45, 2.75) is 36.6 Å². The standard InChI is InChI=1S/C15H23N3O4S2/c1-17-6-5-16-15(17)23-10-14(19)18(9-13-3-2-7-22-13)12-4-8-24(20,21)11-12/h5-6,12-13H,2-4,7-11H2,1H3. The summed E-state index contributed by atoms with van der Waals surface area (Å²) >= 11 is 1.38. The quantitative estimate of drug-likeness (QED) is 0.683. The van der Waals surface area contributed by atoms with Crippen LogP contribution < -0.4 is 0 Å². The molecule has 1 aromatic heterocycles. The lowest BCUT2D eigenvalue weighted by Crippen LogP contribution is -2.46. The molecule has 2 aliphatic heterocycles. The minimum atomic E-state index is -3.03. The maximum atomic E-state index is 12.8. The predicted molar refractivity (Wildman–Crippen MR) is 91.7 cm³/mol. The van der Waals surface area contributed by atoms with Crippen LogP contribution in [0.25, 0.3) is 0 Å². The summed E-state index contributed by atoms with van der Waals surface area (Å²) in [5.41, 5.74) is 0. The Morgan fingerprint density at radius 2 is 2.33 bits per heavy atom. The van der Waals surface area contributed by atoms with Gasteiger partial charge in [0.1, 0.15) is 0 Å². The Bertz CT molecular complexity index is 683. The maximum Gasteiger partial charge on any atom is 0.233 e. The van der Waals surface area contributed by atoms with Crippen molar-refractivity contribution in [1.29, 1.82) is 0 Å². The fourth-order valence-corrected chi connectivity index (χ4v) is 5.73. The van der Waals surface area contributed by atoms with E-state index in [1.54, 1.807) is 11.1 Å². The highest BCUT2D eigenvalue weighted by Gasteiger charge is 2.36. The third kappa shape index (κ3) is 4.31. The van der Waals surface area contributed by atoms with E-state index in [0.29, 0.717) is 13.0 Å². The first-order chi connectivity index (χ1) is 11.4. The van der Waals surface area contributed by atoms with Crippen molar-refractivity contribution in [1.82, 2.24) is 14.5 Å². The third-order valence-corrected chi connectivity index (χ3v) is 7.29. The first-order valence-corrected chi connectivity index (χ1v) is 11.0. The lowest BCUT2D eigenvalue weighted by atomic mass is 10.1. The van der Waals surface area contributed by atoms with E-state index in [9.17, 15) is 13.2 Å². The Balaban J connectivity index is 1.66. The molecule has 1 amide bonds. The zero-order valence-electron chi connectivity index (χ0n) is 13.8. The van der Waals surface area contributed by atoms with Crippen molar-refractivity contribution in [3.8, 4) is 0 Å². The molecule has 0 N–H and O–H groups in total. The second-order valence-electron chi connectivity index (χ2n) is 6.35. The highest BCUT2D eigenvalue weighted by atomic mass is 32.2. The smallest absolute Gasteiger partial charge is 0.233 e. The average Bonchev–Trinajstić information content (AvgIpc) is 3.24. The molecule has 0 bridgehead atoms. The first kappa shape index (κ1) is 17.8. The molecular weight excluding hydrogens is 350 g/mol. The zero-order valence-corrected chi connectivity index (χ0v) is 15.4. The highest BCUT2D eigenvalue weighted by molar-refractivity contribution is 7.99. The van der Waals surface area contributed by atoms with Crippen LogP contribution in [0.1, 0.15) is 19.3 Å². The van der Waals surface area contributed by atoms with Crippen LogP contribution in [0, 0.1) is 0 Å². The van der Waals surface area contributed by atoms with Gasteiger partial charge in [-0.2, -0.15) is 0 Å². The highest BCUT2D eigenvalue weighted by Crippen LogP contribution is 2.23. The van der Waals surface area contributed by atoms with Crippen LogP contribution in [0.2, 0.25) is 0 Å². The molecule has 3 rings (SSSR count). The summed E-state index contributed by atoms with van der Waals surface area (Å²) in [6.07, 6.45) is 6.00. The van der Waals surface area contributed by atoms with Crippen LogP contribution >= 0.6 is 11.8 Å². The molecule has 134 valence electrons. The summed E-state index contributed by atoms with van der Waals surface area (Å²) in [6, 6.07) is -0.228. The number of aromatic nitrogens is 2. The molecule has 7 nitrogen and oxygen atoms in total. The van der Waals surface area contributed by atoms with E-state index < -0.39 is 9.84 Å². The summed E-state index contributed by atoms with van der Waals surface area (Å²) in [6.45, 7) is 1.21. The van der Waals surface area contributed by atoms with Crippen molar-refractivity contribution in [3.05, 3.63) is 12.4 Å². The van der Waals surface area contributed by atoms with E-state index in [4.69, 9.17) is 4.74 Å². The molecule has 24 heavy (non-hydrogen) atoms. The van der Waals surface area contributed by atoms with Crippen LogP contribution in [0.3, 0.4) is 0 Å². The number of hydrogen-bond acceptors (Lipinski definition) is 6. The Morgan fingerprint density at radius 1 is 1.50 bits per heavy atom. The fraction of sp³-hybridized carbons (Fsp3) is 0.733. The second kappa shape index (κ2) is 7.45. The number of sulfone groups is 1. The van der Waals surface area contributed by atoms with Gasteiger partial charge in [-0.3, -0.25) is 4.79 Å². The summed E-state index contributed by atoms with van der Waals surface area (Å²) < 4.78 is 31.1. The molecule has 0 spiro atoms. The Labute approximate surface area is 146 Å². The topological polar surface area (TPSA) is 81.5 Å². The lowest BCUT2D eigenvalue weighted by Gasteiger charge is -2.30. The fourth-order valence-electron chi connectivity index (χ4n) is 3.18. The summed E-state index contributed by atoms with van der Waals surface area (Å²) in [7, 11) is -1.15. The summed E-state index contributed by atoms with van der Waals surface area (Å²) in [4.78, 5) is 18.7. The molecule has 2 unspecified atom stereocenters. The molecule has 0 aliphatic carbocycles. The van der Waals surface area contributed by atoms with Crippen molar-refractivity contribution >= 4 is 27.5 Å². The number of thioether (sulfide) groups is 1. The van der Waals surface area contributed by atoms with Gasteiger partial charge in [0.05, 0.1) is 23.4 Å². The number of carbonyl (C=O) groups excluding carboxylic acids is 1. The Kier molecular flexibility index (Phi) is 5.51. The largest absolute Gasteiger partial charge is 0.376 e. The summed E-state index contributed by atoms with van der Waals surface area (Å²) in [5, 5.41) is 0.777. The minimum Gasteiger partial charge on any atom is -0.376 e. The van der Waals surface area contributed by atoms with Gasteiger partial charge in [-0.1, -0.05) is 11.8 Å². The van der Waals surface area contributed by atoms with E-state index in [1.165, 1.54) is 11.8 Å². The number of carbonyl (C=O) groups is 1. The van der Waals surface area contributed by atoms with Crippen molar-refractivity contribution in [2.75, 3.05) is 30.4 Å². The van der Waals surface area contributed by atoms with E-state index in [1.807, 2.05) is 17.8 Å². The van der Waals surface area contributed by atoms with Crippen molar-refractivity contribution < 1.29 is 17.9 Å². The van der Waals surface area contributed by atoms with Crippen LogP contribution in [0.5, 0.6) is 0 Å². The minimum absolute atomic E-state index is 0.0235. The number of ether oxygens (including phenoxy) is 1. The molecular formula is C15H23N3O4S2. The number of hydrogen-bond donors (Lipinski definition) is 0. The first-order valence-electron chi connectivity index (χ1n) is 8.16. The van der Waals surface area contributed by atoms with Crippen LogP contribution in [-0.2, 0) is 26.4 Å². The van der Waals surface area contributed by atoms with Gasteiger partial charge in [0.25, 0.3) is 0 Å². The summed E-state index contributed by atoms with van der Waals surface area (Å²) in [5.74, 6) is 0.451. The Hall–Kier alpha value is -1.06. The molecule has 0 aromatic carbocycles. The second-order valence-corrected chi connectivity index (χ2v) is 9.52. The normalized spacial score (nSPS) is 25.9. The molecule has 9 heteroatoms. The van der Waals surface area contributed by atoms with Crippen molar-refractivity contribution in [3.63, 3.8) is 0 Å². The average molecular weight is 374 g/mol. The van der Waals surface area contributed by atoms with Crippen LogP contribution in [0.15, 0.2) is 17.6 Å². The maximum absolute atomic E-state index is 12.8. The molecule has 2 atom stereocenters. The van der Waals surface area contributed by atoms with Gasteiger partial charge in [-0.05, 0) is 19.3 Å². The number of aryl methyl sites for hydroxylation is 1. The predicted octanol–water partition coefficient (Wildman–Crippen LogP) is 0.707. The van der Waals surface area contributed by atoms with Crippen LogP contribution in [0.4, 0.5) is 0 Å². The molecule has 1 aromatic rings. The molecule has 3 heterocycles. The Morgan fingerprint density at radius 3 is 2.92 bits per heavy atom. The van der Waals surface area contributed by atoms with E-state index in [-0.39, 0.29) is 35.3 Å². The van der Waals surface area contributed by atoms with E-state index in [2.05, 4.69) is 4.98 Å². The number of nitrogens with zero attached hydrogens (tertiary/aromatic N) is 3. The number of imidazole rings is 1. The molecule has 0 radical (unpaired) electrons. The monoisotopic (exact) mass is 373 g/mol. The number of amides is 1. The number of rotatable bonds is 6. The van der Waals surface area contributed by atoms with Gasteiger partial charge in [0.15, 0.2) is 15.0 Å². The van der Waals surface area contributed by atoms with Gasteiger partial charge in [0.2, 0.25) is 5.91 Å². The van der Waals surface area contributed by atoms with E-state index in [0.717, 1.165) is 24.6 Å².